The van der Waals surface area contributed by atoms with Gasteiger partial charge in [0.1, 0.15) is 0 Å². The molecule has 27 heavy (non-hydrogen) atoms. The van der Waals surface area contributed by atoms with Crippen LogP contribution in [-0.4, -0.2) is 77.3 Å². The van der Waals surface area contributed by atoms with Crippen molar-refractivity contribution in [1.29, 1.82) is 0 Å². The van der Waals surface area contributed by atoms with Gasteiger partial charge < -0.3 is 9.80 Å². The van der Waals surface area contributed by atoms with E-state index in [4.69, 9.17) is 0 Å². The summed E-state index contributed by atoms with van der Waals surface area (Å²) in [4.78, 5) is 35.9. The molecule has 0 aromatic carbocycles. The second kappa shape index (κ2) is 8.38. The van der Waals surface area contributed by atoms with E-state index in [9.17, 15) is 9.59 Å². The SMILES string of the molecule is Cc1ccc(C(=O)N2CCN(CC(=O)N3CC(C)CC(C)C3)CC2)c(C)n1. The molecule has 6 nitrogen and oxygen atoms in total. The number of amides is 2. The van der Waals surface area contributed by atoms with Crippen LogP contribution in [0.3, 0.4) is 0 Å². The van der Waals surface area contributed by atoms with Crippen molar-refractivity contribution in [2.75, 3.05) is 45.8 Å². The van der Waals surface area contributed by atoms with E-state index in [0.717, 1.165) is 37.6 Å². The zero-order chi connectivity index (χ0) is 19.6. The molecule has 2 unspecified atom stereocenters. The molecule has 2 atom stereocenters. The Hall–Kier alpha value is -1.95. The Morgan fingerprint density at radius 2 is 1.63 bits per heavy atom. The highest BCUT2D eigenvalue weighted by Crippen LogP contribution is 2.21. The highest BCUT2D eigenvalue weighted by molar-refractivity contribution is 5.95. The predicted molar refractivity (Wildman–Crippen MR) is 106 cm³/mol. The summed E-state index contributed by atoms with van der Waals surface area (Å²) in [7, 11) is 0. The fraction of sp³-hybridized carbons (Fsp3) is 0.667. The van der Waals surface area contributed by atoms with E-state index in [1.54, 1.807) is 0 Å². The van der Waals surface area contributed by atoms with Crippen LogP contribution in [0.25, 0.3) is 0 Å². The number of nitrogens with zero attached hydrogens (tertiary/aromatic N) is 4. The number of piperidine rings is 1. The lowest BCUT2D eigenvalue weighted by Crippen LogP contribution is -2.53. The van der Waals surface area contributed by atoms with E-state index in [1.807, 2.05) is 35.8 Å². The van der Waals surface area contributed by atoms with Crippen molar-refractivity contribution in [2.45, 2.75) is 34.1 Å². The number of hydrogen-bond acceptors (Lipinski definition) is 4. The minimum absolute atomic E-state index is 0.0460. The van der Waals surface area contributed by atoms with Crippen molar-refractivity contribution in [3.63, 3.8) is 0 Å². The van der Waals surface area contributed by atoms with Crippen LogP contribution in [0.2, 0.25) is 0 Å². The Morgan fingerprint density at radius 3 is 2.22 bits per heavy atom. The third-order valence-corrected chi connectivity index (χ3v) is 5.70. The third kappa shape index (κ3) is 4.86. The number of carbonyl (C=O) groups excluding carboxylic acids is 2. The Bertz CT molecular complexity index is 687. The number of rotatable bonds is 3. The van der Waals surface area contributed by atoms with Crippen LogP contribution >= 0.6 is 0 Å². The van der Waals surface area contributed by atoms with Crippen LogP contribution in [0, 0.1) is 25.7 Å². The van der Waals surface area contributed by atoms with Crippen LogP contribution in [0.1, 0.15) is 42.0 Å². The van der Waals surface area contributed by atoms with Gasteiger partial charge in [-0.25, -0.2) is 0 Å². The van der Waals surface area contributed by atoms with Gasteiger partial charge >= 0.3 is 0 Å². The van der Waals surface area contributed by atoms with E-state index in [1.165, 1.54) is 6.42 Å². The Morgan fingerprint density at radius 1 is 1.00 bits per heavy atom. The summed E-state index contributed by atoms with van der Waals surface area (Å²) in [6.07, 6.45) is 1.21. The van der Waals surface area contributed by atoms with Crippen molar-refractivity contribution >= 4 is 11.8 Å². The fourth-order valence-corrected chi connectivity index (χ4v) is 4.35. The molecule has 1 aromatic heterocycles. The van der Waals surface area contributed by atoms with Gasteiger partial charge in [0.25, 0.3) is 5.91 Å². The molecule has 2 amide bonds. The molecule has 0 spiro atoms. The fourth-order valence-electron chi connectivity index (χ4n) is 4.35. The van der Waals surface area contributed by atoms with Crippen molar-refractivity contribution in [2.24, 2.45) is 11.8 Å². The van der Waals surface area contributed by atoms with Crippen molar-refractivity contribution in [3.8, 4) is 0 Å². The molecule has 2 saturated heterocycles. The average molecular weight is 373 g/mol. The lowest BCUT2D eigenvalue weighted by Gasteiger charge is -2.38. The van der Waals surface area contributed by atoms with E-state index >= 15 is 0 Å². The first kappa shape index (κ1) is 19.8. The first-order valence-corrected chi connectivity index (χ1v) is 10.1. The van der Waals surface area contributed by atoms with Crippen molar-refractivity contribution in [3.05, 3.63) is 29.1 Å². The molecule has 2 aliphatic heterocycles. The number of hydrogen-bond donors (Lipinski definition) is 0. The topological polar surface area (TPSA) is 56.8 Å². The second-order valence-electron chi connectivity index (χ2n) is 8.40. The van der Waals surface area contributed by atoms with Crippen molar-refractivity contribution < 1.29 is 9.59 Å². The normalized spacial score (nSPS) is 24.1. The maximum Gasteiger partial charge on any atom is 0.255 e. The minimum Gasteiger partial charge on any atom is -0.341 e. The zero-order valence-electron chi connectivity index (χ0n) is 17.1. The number of carbonyl (C=O) groups is 2. The van der Waals surface area contributed by atoms with Gasteiger partial charge in [-0.15, -0.1) is 0 Å². The summed E-state index contributed by atoms with van der Waals surface area (Å²) in [5.74, 6) is 1.44. The minimum atomic E-state index is 0.0460. The highest BCUT2D eigenvalue weighted by Gasteiger charge is 2.28. The van der Waals surface area contributed by atoms with Gasteiger partial charge in [0.05, 0.1) is 17.8 Å². The van der Waals surface area contributed by atoms with Crippen LogP contribution < -0.4 is 0 Å². The van der Waals surface area contributed by atoms with Gasteiger partial charge in [-0.1, -0.05) is 13.8 Å². The molecule has 0 aliphatic carbocycles. The lowest BCUT2D eigenvalue weighted by molar-refractivity contribution is -0.135. The van der Waals surface area contributed by atoms with Gasteiger partial charge in [0.2, 0.25) is 5.91 Å². The smallest absolute Gasteiger partial charge is 0.255 e. The van der Waals surface area contributed by atoms with Gasteiger partial charge in [-0.05, 0) is 44.2 Å². The van der Waals surface area contributed by atoms with Gasteiger partial charge in [-0.3, -0.25) is 19.5 Å². The molecule has 3 rings (SSSR count). The number of pyridine rings is 1. The summed E-state index contributed by atoms with van der Waals surface area (Å²) in [5.41, 5.74) is 2.39. The molecular weight excluding hydrogens is 340 g/mol. The molecule has 148 valence electrons. The van der Waals surface area contributed by atoms with E-state index < -0.39 is 0 Å². The standard InChI is InChI=1S/C21H32N4O2/c1-15-11-16(2)13-25(12-15)20(26)14-23-7-9-24(10-8-23)21(27)19-6-5-17(3)22-18(19)4/h5-6,15-16H,7-14H2,1-4H3. The van der Waals surface area contributed by atoms with E-state index in [-0.39, 0.29) is 11.8 Å². The molecule has 0 bridgehead atoms. The second-order valence-corrected chi connectivity index (χ2v) is 8.40. The van der Waals surface area contributed by atoms with Gasteiger partial charge in [0.15, 0.2) is 0 Å². The number of aryl methyl sites for hydroxylation is 2. The van der Waals surface area contributed by atoms with Crippen LogP contribution in [-0.2, 0) is 4.79 Å². The summed E-state index contributed by atoms with van der Waals surface area (Å²) < 4.78 is 0. The Balaban J connectivity index is 1.51. The van der Waals surface area contributed by atoms with E-state index in [2.05, 4.69) is 23.7 Å². The lowest BCUT2D eigenvalue weighted by atomic mass is 9.92. The number of aromatic nitrogens is 1. The molecule has 6 heteroatoms. The Labute approximate surface area is 162 Å². The first-order valence-electron chi connectivity index (χ1n) is 10.1. The van der Waals surface area contributed by atoms with Crippen molar-refractivity contribution in [1.82, 2.24) is 19.7 Å². The number of piperazine rings is 1. The quantitative estimate of drug-likeness (QED) is 0.814. The summed E-state index contributed by atoms with van der Waals surface area (Å²) in [6.45, 7) is 13.3. The number of likely N-dealkylation sites (tertiary alicyclic amines) is 1. The average Bonchev–Trinajstić information content (AvgIpc) is 2.61. The predicted octanol–water partition coefficient (Wildman–Crippen LogP) is 1.96. The highest BCUT2D eigenvalue weighted by atomic mass is 16.2. The van der Waals surface area contributed by atoms with Gasteiger partial charge in [-0.2, -0.15) is 0 Å². The monoisotopic (exact) mass is 372 g/mol. The molecule has 1 aromatic rings. The van der Waals surface area contributed by atoms with Crippen LogP contribution in [0.5, 0.6) is 0 Å². The third-order valence-electron chi connectivity index (χ3n) is 5.70. The van der Waals surface area contributed by atoms with Gasteiger partial charge in [0, 0.05) is 45.0 Å². The summed E-state index contributed by atoms with van der Waals surface area (Å²) >= 11 is 0. The molecule has 0 saturated carbocycles. The first-order chi connectivity index (χ1) is 12.8. The van der Waals surface area contributed by atoms with Crippen LogP contribution in [0.4, 0.5) is 0 Å². The van der Waals surface area contributed by atoms with E-state index in [0.29, 0.717) is 37.0 Å². The zero-order valence-corrected chi connectivity index (χ0v) is 17.1. The maximum absolute atomic E-state index is 12.8. The Kier molecular flexibility index (Phi) is 6.15. The largest absolute Gasteiger partial charge is 0.341 e. The maximum atomic E-state index is 12.8. The summed E-state index contributed by atoms with van der Waals surface area (Å²) in [6, 6.07) is 3.75. The van der Waals surface area contributed by atoms with Crippen LogP contribution in [0.15, 0.2) is 12.1 Å². The molecule has 3 heterocycles. The molecule has 0 radical (unpaired) electrons. The molecule has 2 aliphatic rings. The summed E-state index contributed by atoms with van der Waals surface area (Å²) in [5, 5.41) is 0. The molecule has 2 fully saturated rings. The molecular formula is C21H32N4O2. The molecule has 0 N–H and O–H groups in total.